The van der Waals surface area contributed by atoms with E-state index in [4.69, 9.17) is 17.3 Å². The minimum absolute atomic E-state index is 0.665. The van der Waals surface area contributed by atoms with E-state index in [0.717, 1.165) is 12.2 Å². The monoisotopic (exact) mass is 242 g/mol. The van der Waals surface area contributed by atoms with Gasteiger partial charge < -0.3 is 15.7 Å². The van der Waals surface area contributed by atoms with Gasteiger partial charge in [0, 0.05) is 18.6 Å². The quantitative estimate of drug-likeness (QED) is 0.798. The van der Waals surface area contributed by atoms with Crippen molar-refractivity contribution < 1.29 is 5.11 Å². The van der Waals surface area contributed by atoms with Crippen molar-refractivity contribution in [2.24, 2.45) is 0 Å². The van der Waals surface area contributed by atoms with E-state index < -0.39 is 5.60 Å². The average Bonchev–Trinajstić information content (AvgIpc) is 2.17. The minimum atomic E-state index is -0.665. The fourth-order valence-corrected chi connectivity index (χ4v) is 1.58. The van der Waals surface area contributed by atoms with E-state index >= 15 is 0 Å². The highest BCUT2D eigenvalue weighted by atomic mass is 35.5. The molecule has 0 aliphatic carbocycles. The second-order valence-corrected chi connectivity index (χ2v) is 5.12. The first kappa shape index (κ1) is 13.1. The van der Waals surface area contributed by atoms with Crippen molar-refractivity contribution in [3.8, 4) is 0 Å². The Morgan fingerprint density at radius 2 is 2.06 bits per heavy atom. The molecule has 1 aromatic rings. The van der Waals surface area contributed by atoms with Crippen LogP contribution in [0.1, 0.15) is 20.3 Å². The number of halogens is 1. The zero-order valence-electron chi connectivity index (χ0n) is 10.00. The predicted molar refractivity (Wildman–Crippen MR) is 70.0 cm³/mol. The molecule has 0 unspecified atom stereocenters. The van der Waals surface area contributed by atoms with E-state index in [1.165, 1.54) is 0 Å². The Bertz CT molecular complexity index is 361. The predicted octanol–water partition coefficient (Wildman–Crippen LogP) is 2.52. The summed E-state index contributed by atoms with van der Waals surface area (Å²) in [6.07, 6.45) is 0.676. The van der Waals surface area contributed by atoms with Gasteiger partial charge in [0.25, 0.3) is 0 Å². The van der Waals surface area contributed by atoms with Gasteiger partial charge in [0.15, 0.2) is 0 Å². The Morgan fingerprint density at radius 3 is 2.62 bits per heavy atom. The van der Waals surface area contributed by atoms with Crippen LogP contribution >= 0.6 is 11.6 Å². The van der Waals surface area contributed by atoms with Gasteiger partial charge in [0.05, 0.1) is 17.0 Å². The van der Waals surface area contributed by atoms with Crippen LogP contribution in [-0.2, 0) is 0 Å². The van der Waals surface area contributed by atoms with E-state index in [1.54, 1.807) is 26.0 Å². The summed E-state index contributed by atoms with van der Waals surface area (Å²) in [6.45, 7) is 4.32. The molecule has 1 rings (SSSR count). The summed E-state index contributed by atoms with van der Waals surface area (Å²) in [4.78, 5) is 2.00. The molecule has 0 spiro atoms. The second kappa shape index (κ2) is 4.93. The standard InChI is InChI=1S/C12H19ClN2O/c1-12(2,16)6-7-15(3)11-8-9(13)4-5-10(11)14/h4-5,8,16H,6-7,14H2,1-3H3. The molecule has 0 aromatic heterocycles. The molecule has 16 heavy (non-hydrogen) atoms. The first-order chi connectivity index (χ1) is 7.29. The van der Waals surface area contributed by atoms with Crippen LogP contribution < -0.4 is 10.6 Å². The van der Waals surface area contributed by atoms with E-state index in [0.29, 0.717) is 17.1 Å². The summed E-state index contributed by atoms with van der Waals surface area (Å²) < 4.78 is 0. The Labute approximate surface area is 102 Å². The van der Waals surface area contributed by atoms with Crippen molar-refractivity contribution in [1.29, 1.82) is 0 Å². The van der Waals surface area contributed by atoms with Crippen LogP contribution in [0, 0.1) is 0 Å². The molecule has 0 bridgehead atoms. The van der Waals surface area contributed by atoms with E-state index in [2.05, 4.69) is 0 Å². The highest BCUT2D eigenvalue weighted by Gasteiger charge is 2.14. The van der Waals surface area contributed by atoms with Crippen molar-refractivity contribution in [2.45, 2.75) is 25.9 Å². The molecule has 3 N–H and O–H groups in total. The first-order valence-electron chi connectivity index (χ1n) is 5.28. The topological polar surface area (TPSA) is 49.5 Å². The average molecular weight is 243 g/mol. The van der Waals surface area contributed by atoms with Crippen molar-refractivity contribution >= 4 is 23.0 Å². The number of hydrogen-bond donors (Lipinski definition) is 2. The van der Waals surface area contributed by atoms with E-state index in [1.807, 2.05) is 18.0 Å². The third-order valence-electron chi connectivity index (χ3n) is 2.46. The van der Waals surface area contributed by atoms with Crippen LogP contribution in [0.4, 0.5) is 11.4 Å². The van der Waals surface area contributed by atoms with Crippen LogP contribution in [0.5, 0.6) is 0 Å². The molecule has 0 aliphatic heterocycles. The molecule has 0 fully saturated rings. The molecular formula is C12H19ClN2O. The maximum absolute atomic E-state index is 9.65. The fraction of sp³-hybridized carbons (Fsp3) is 0.500. The first-order valence-corrected chi connectivity index (χ1v) is 5.66. The van der Waals surface area contributed by atoms with Gasteiger partial charge in [-0.3, -0.25) is 0 Å². The number of anilines is 2. The molecule has 0 amide bonds. The Balaban J connectivity index is 2.73. The number of benzene rings is 1. The number of aliphatic hydroxyl groups is 1. The molecule has 3 nitrogen and oxygen atoms in total. The van der Waals surface area contributed by atoms with Gasteiger partial charge in [-0.25, -0.2) is 0 Å². The molecule has 0 aliphatic rings. The van der Waals surface area contributed by atoms with Gasteiger partial charge in [-0.15, -0.1) is 0 Å². The lowest BCUT2D eigenvalue weighted by molar-refractivity contribution is 0.0734. The molecule has 1 aromatic carbocycles. The van der Waals surface area contributed by atoms with Crippen molar-refractivity contribution in [2.75, 3.05) is 24.2 Å². The lowest BCUT2D eigenvalue weighted by Crippen LogP contribution is -2.28. The van der Waals surface area contributed by atoms with Crippen molar-refractivity contribution in [3.05, 3.63) is 23.2 Å². The third kappa shape index (κ3) is 3.91. The molecule has 0 atom stereocenters. The minimum Gasteiger partial charge on any atom is -0.397 e. The van der Waals surface area contributed by atoms with Gasteiger partial charge in [-0.1, -0.05) is 11.6 Å². The number of nitrogens with zero attached hydrogens (tertiary/aromatic N) is 1. The Hall–Kier alpha value is -0.930. The largest absolute Gasteiger partial charge is 0.397 e. The number of nitrogen functional groups attached to an aromatic ring is 1. The van der Waals surface area contributed by atoms with Gasteiger partial charge in [-0.2, -0.15) is 0 Å². The summed E-state index contributed by atoms with van der Waals surface area (Å²) >= 11 is 5.92. The molecule has 0 radical (unpaired) electrons. The number of rotatable bonds is 4. The van der Waals surface area contributed by atoms with Crippen LogP contribution in [0.3, 0.4) is 0 Å². The molecular weight excluding hydrogens is 224 g/mol. The third-order valence-corrected chi connectivity index (χ3v) is 2.70. The Kier molecular flexibility index (Phi) is 4.05. The molecule has 4 heteroatoms. The SMILES string of the molecule is CN(CCC(C)(C)O)c1cc(Cl)ccc1N. The lowest BCUT2D eigenvalue weighted by Gasteiger charge is -2.25. The summed E-state index contributed by atoms with van der Waals surface area (Å²) in [5.41, 5.74) is 6.80. The zero-order valence-corrected chi connectivity index (χ0v) is 10.8. The number of hydrogen-bond acceptors (Lipinski definition) is 3. The van der Waals surface area contributed by atoms with Crippen LogP contribution in [0.25, 0.3) is 0 Å². The van der Waals surface area contributed by atoms with Gasteiger partial charge in [0.1, 0.15) is 0 Å². The molecule has 0 saturated heterocycles. The van der Waals surface area contributed by atoms with Crippen LogP contribution in [0.15, 0.2) is 18.2 Å². The van der Waals surface area contributed by atoms with Crippen molar-refractivity contribution in [1.82, 2.24) is 0 Å². The molecule has 0 saturated carbocycles. The summed E-state index contributed by atoms with van der Waals surface area (Å²) in [6, 6.07) is 5.39. The maximum atomic E-state index is 9.65. The van der Waals surface area contributed by atoms with Gasteiger partial charge >= 0.3 is 0 Å². The lowest BCUT2D eigenvalue weighted by atomic mass is 10.1. The smallest absolute Gasteiger partial charge is 0.0612 e. The fourth-order valence-electron chi connectivity index (χ4n) is 1.41. The summed E-state index contributed by atoms with van der Waals surface area (Å²) in [7, 11) is 1.94. The molecule has 0 heterocycles. The van der Waals surface area contributed by atoms with Gasteiger partial charge in [-0.05, 0) is 38.5 Å². The van der Waals surface area contributed by atoms with Gasteiger partial charge in [0.2, 0.25) is 0 Å². The summed E-state index contributed by atoms with van der Waals surface area (Å²) in [5, 5.41) is 10.3. The highest BCUT2D eigenvalue weighted by Crippen LogP contribution is 2.26. The number of nitrogens with two attached hydrogens (primary N) is 1. The summed E-state index contributed by atoms with van der Waals surface area (Å²) in [5.74, 6) is 0. The highest BCUT2D eigenvalue weighted by molar-refractivity contribution is 6.31. The second-order valence-electron chi connectivity index (χ2n) is 4.69. The Morgan fingerprint density at radius 1 is 1.44 bits per heavy atom. The van der Waals surface area contributed by atoms with E-state index in [-0.39, 0.29) is 0 Å². The molecule has 90 valence electrons. The normalized spacial score (nSPS) is 11.6. The zero-order chi connectivity index (χ0) is 12.3. The van der Waals surface area contributed by atoms with E-state index in [9.17, 15) is 5.11 Å². The van der Waals surface area contributed by atoms with Crippen LogP contribution in [0.2, 0.25) is 5.02 Å². The van der Waals surface area contributed by atoms with Crippen molar-refractivity contribution in [3.63, 3.8) is 0 Å². The maximum Gasteiger partial charge on any atom is 0.0612 e. The van der Waals surface area contributed by atoms with Crippen LogP contribution in [-0.4, -0.2) is 24.3 Å².